The Morgan fingerprint density at radius 1 is 1.57 bits per heavy atom. The normalized spacial score (nSPS) is 18.9. The first-order valence-corrected chi connectivity index (χ1v) is 7.13. The molecular weight excluding hydrogens is 270 g/mol. The molecule has 0 aliphatic carbocycles. The van der Waals surface area contributed by atoms with Gasteiger partial charge in [-0.3, -0.25) is 4.79 Å². The minimum absolute atomic E-state index is 0.246. The van der Waals surface area contributed by atoms with Crippen LogP contribution >= 0.6 is 0 Å². The standard InChI is InChI=1S/C15H19N3O3/c1-20-11-4-5-13-12(8-11)17-15(21-13)18-6-2-3-10(9-18)7-14(16)19/h4-5,8,10H,2-3,6-7,9H2,1H3,(H2,16,19). The fraction of sp³-hybridized carbons (Fsp3) is 0.467. The van der Waals surface area contributed by atoms with Crippen LogP contribution in [0.4, 0.5) is 6.01 Å². The number of carbonyl (C=O) groups is 1. The Kier molecular flexibility index (Phi) is 3.68. The molecule has 0 bridgehead atoms. The lowest BCUT2D eigenvalue weighted by Crippen LogP contribution is -2.37. The number of hydrogen-bond donors (Lipinski definition) is 1. The third-order valence-corrected chi connectivity index (χ3v) is 3.86. The maximum Gasteiger partial charge on any atom is 0.298 e. The van der Waals surface area contributed by atoms with E-state index < -0.39 is 0 Å². The van der Waals surface area contributed by atoms with Gasteiger partial charge >= 0.3 is 0 Å². The molecule has 1 aromatic carbocycles. The Balaban J connectivity index is 1.80. The number of aromatic nitrogens is 1. The minimum Gasteiger partial charge on any atom is -0.497 e. The van der Waals surface area contributed by atoms with E-state index >= 15 is 0 Å². The average molecular weight is 289 g/mol. The zero-order valence-electron chi connectivity index (χ0n) is 12.0. The summed E-state index contributed by atoms with van der Waals surface area (Å²) in [6.45, 7) is 1.64. The maximum absolute atomic E-state index is 11.1. The van der Waals surface area contributed by atoms with Crippen molar-refractivity contribution < 1.29 is 13.9 Å². The first-order valence-electron chi connectivity index (χ1n) is 7.13. The van der Waals surface area contributed by atoms with Crippen LogP contribution in [0.5, 0.6) is 5.75 Å². The zero-order valence-corrected chi connectivity index (χ0v) is 12.0. The highest BCUT2D eigenvalue weighted by Crippen LogP contribution is 2.29. The topological polar surface area (TPSA) is 81.6 Å². The third kappa shape index (κ3) is 2.94. The van der Waals surface area contributed by atoms with Crippen molar-refractivity contribution in [1.29, 1.82) is 0 Å². The number of oxazole rings is 1. The number of hydrogen-bond acceptors (Lipinski definition) is 5. The molecule has 21 heavy (non-hydrogen) atoms. The number of ether oxygens (including phenoxy) is 1. The first-order chi connectivity index (χ1) is 10.2. The molecule has 1 fully saturated rings. The van der Waals surface area contributed by atoms with Gasteiger partial charge in [0, 0.05) is 25.6 Å². The second-order valence-electron chi connectivity index (χ2n) is 5.45. The highest BCUT2D eigenvalue weighted by Gasteiger charge is 2.24. The molecule has 0 saturated carbocycles. The Hall–Kier alpha value is -2.24. The molecule has 1 amide bonds. The van der Waals surface area contributed by atoms with E-state index in [1.54, 1.807) is 7.11 Å². The SMILES string of the molecule is COc1ccc2oc(N3CCCC(CC(N)=O)C3)nc2c1. The fourth-order valence-corrected chi connectivity index (χ4v) is 2.85. The van der Waals surface area contributed by atoms with Gasteiger partial charge in [0.1, 0.15) is 11.3 Å². The summed E-state index contributed by atoms with van der Waals surface area (Å²) >= 11 is 0. The number of anilines is 1. The van der Waals surface area contributed by atoms with E-state index in [0.717, 1.165) is 42.8 Å². The van der Waals surface area contributed by atoms with Gasteiger partial charge in [0.25, 0.3) is 6.01 Å². The van der Waals surface area contributed by atoms with Crippen LogP contribution in [0.15, 0.2) is 22.6 Å². The summed E-state index contributed by atoms with van der Waals surface area (Å²) in [7, 11) is 1.63. The molecule has 1 aliphatic heterocycles. The number of methoxy groups -OCH3 is 1. The molecule has 112 valence electrons. The van der Waals surface area contributed by atoms with Crippen LogP contribution < -0.4 is 15.4 Å². The molecule has 6 nitrogen and oxygen atoms in total. The first kappa shape index (κ1) is 13.7. The van der Waals surface area contributed by atoms with Gasteiger partial charge in [0.15, 0.2) is 5.58 Å². The number of primary amides is 1. The zero-order chi connectivity index (χ0) is 14.8. The van der Waals surface area contributed by atoms with Crippen molar-refractivity contribution in [3.05, 3.63) is 18.2 Å². The summed E-state index contributed by atoms with van der Waals surface area (Å²) in [6, 6.07) is 6.17. The molecule has 1 atom stereocenters. The molecule has 2 N–H and O–H groups in total. The van der Waals surface area contributed by atoms with Crippen molar-refractivity contribution in [2.24, 2.45) is 11.7 Å². The summed E-state index contributed by atoms with van der Waals surface area (Å²) in [5.74, 6) is 0.789. The van der Waals surface area contributed by atoms with E-state index in [9.17, 15) is 4.79 Å². The highest BCUT2D eigenvalue weighted by atomic mass is 16.5. The molecule has 1 aromatic heterocycles. The number of fused-ring (bicyclic) bond motifs is 1. The van der Waals surface area contributed by atoms with Crippen molar-refractivity contribution in [2.45, 2.75) is 19.3 Å². The molecule has 2 heterocycles. The van der Waals surface area contributed by atoms with Crippen LogP contribution in [0.25, 0.3) is 11.1 Å². The summed E-state index contributed by atoms with van der Waals surface area (Å²) in [6.07, 6.45) is 2.46. The van der Waals surface area contributed by atoms with Crippen LogP contribution in [0, 0.1) is 5.92 Å². The van der Waals surface area contributed by atoms with Crippen molar-refractivity contribution in [3.63, 3.8) is 0 Å². The summed E-state index contributed by atoms with van der Waals surface area (Å²) < 4.78 is 11.0. The van der Waals surface area contributed by atoms with Crippen LogP contribution in [0.1, 0.15) is 19.3 Å². The third-order valence-electron chi connectivity index (χ3n) is 3.86. The second kappa shape index (κ2) is 5.63. The number of carbonyl (C=O) groups excluding carboxylic acids is 1. The number of nitrogens with zero attached hydrogens (tertiary/aromatic N) is 2. The van der Waals surface area contributed by atoms with E-state index in [0.29, 0.717) is 12.4 Å². The van der Waals surface area contributed by atoms with Gasteiger partial charge in [-0.15, -0.1) is 0 Å². The van der Waals surface area contributed by atoms with Crippen molar-refractivity contribution in [1.82, 2.24) is 4.98 Å². The van der Waals surface area contributed by atoms with Gasteiger partial charge in [-0.05, 0) is 30.9 Å². The monoisotopic (exact) mass is 289 g/mol. The number of rotatable bonds is 4. The van der Waals surface area contributed by atoms with Crippen molar-refractivity contribution in [3.8, 4) is 5.75 Å². The lowest BCUT2D eigenvalue weighted by atomic mass is 9.95. The summed E-state index contributed by atoms with van der Waals surface area (Å²) in [5, 5.41) is 0. The highest BCUT2D eigenvalue weighted by molar-refractivity contribution is 5.76. The largest absolute Gasteiger partial charge is 0.497 e. The lowest BCUT2D eigenvalue weighted by molar-refractivity contribution is -0.118. The van der Waals surface area contributed by atoms with Gasteiger partial charge in [0.2, 0.25) is 5.91 Å². The number of amides is 1. The van der Waals surface area contributed by atoms with Crippen molar-refractivity contribution >= 4 is 23.0 Å². The number of piperidine rings is 1. The number of benzene rings is 1. The van der Waals surface area contributed by atoms with E-state index in [2.05, 4.69) is 9.88 Å². The van der Waals surface area contributed by atoms with Gasteiger partial charge in [-0.1, -0.05) is 0 Å². The van der Waals surface area contributed by atoms with E-state index in [1.807, 2.05) is 18.2 Å². The van der Waals surface area contributed by atoms with Crippen LogP contribution in [0.2, 0.25) is 0 Å². The molecule has 3 rings (SSSR count). The van der Waals surface area contributed by atoms with E-state index in [-0.39, 0.29) is 11.8 Å². The van der Waals surface area contributed by atoms with Crippen LogP contribution in [-0.2, 0) is 4.79 Å². The predicted molar refractivity (Wildman–Crippen MR) is 79.3 cm³/mol. The van der Waals surface area contributed by atoms with Gasteiger partial charge in [0.05, 0.1) is 7.11 Å². The predicted octanol–water partition coefficient (Wildman–Crippen LogP) is 1.93. The smallest absolute Gasteiger partial charge is 0.298 e. The molecule has 0 spiro atoms. The van der Waals surface area contributed by atoms with E-state index in [4.69, 9.17) is 14.9 Å². The Morgan fingerprint density at radius 2 is 2.43 bits per heavy atom. The quantitative estimate of drug-likeness (QED) is 0.930. The van der Waals surface area contributed by atoms with Gasteiger partial charge in [-0.2, -0.15) is 4.98 Å². The Bertz CT molecular complexity index is 653. The molecule has 0 radical (unpaired) electrons. The van der Waals surface area contributed by atoms with Gasteiger partial charge in [-0.25, -0.2) is 0 Å². The van der Waals surface area contributed by atoms with E-state index in [1.165, 1.54) is 0 Å². The molecule has 1 aliphatic rings. The van der Waals surface area contributed by atoms with Gasteiger partial charge < -0.3 is 19.8 Å². The second-order valence-corrected chi connectivity index (χ2v) is 5.45. The minimum atomic E-state index is -0.246. The fourth-order valence-electron chi connectivity index (χ4n) is 2.85. The summed E-state index contributed by atoms with van der Waals surface area (Å²) in [5.41, 5.74) is 6.81. The molecule has 2 aromatic rings. The van der Waals surface area contributed by atoms with Crippen LogP contribution in [0.3, 0.4) is 0 Å². The molecule has 1 saturated heterocycles. The molecular formula is C15H19N3O3. The summed E-state index contributed by atoms with van der Waals surface area (Å²) in [4.78, 5) is 17.7. The molecule has 1 unspecified atom stereocenters. The Morgan fingerprint density at radius 3 is 3.19 bits per heavy atom. The van der Waals surface area contributed by atoms with Crippen molar-refractivity contribution in [2.75, 3.05) is 25.1 Å². The molecule has 6 heteroatoms. The van der Waals surface area contributed by atoms with Crippen LogP contribution in [-0.4, -0.2) is 31.1 Å². The number of nitrogens with two attached hydrogens (primary N) is 1. The maximum atomic E-state index is 11.1. The Labute approximate surface area is 122 Å². The average Bonchev–Trinajstić information content (AvgIpc) is 2.89. The lowest BCUT2D eigenvalue weighted by Gasteiger charge is -2.30.